The zero-order valence-electron chi connectivity index (χ0n) is 11.8. The average Bonchev–Trinajstić information content (AvgIpc) is 2.46. The molecule has 0 saturated carbocycles. The SMILES string of the molecule is COC(=O)CCCN(C)c1ccccc1S(=O)(=O)C(F)F. The Morgan fingerprint density at radius 2 is 1.95 bits per heavy atom. The highest BCUT2D eigenvalue weighted by Crippen LogP contribution is 2.28. The number of nitrogens with zero attached hydrogens (tertiary/aromatic N) is 1. The molecule has 0 heterocycles. The van der Waals surface area contributed by atoms with Gasteiger partial charge in [-0.05, 0) is 18.6 Å². The fourth-order valence-corrected chi connectivity index (χ4v) is 2.77. The number of para-hydroxylation sites is 1. The van der Waals surface area contributed by atoms with Crippen molar-refractivity contribution in [3.05, 3.63) is 24.3 Å². The van der Waals surface area contributed by atoms with Gasteiger partial charge >= 0.3 is 11.7 Å². The van der Waals surface area contributed by atoms with Gasteiger partial charge in [-0.1, -0.05) is 12.1 Å². The van der Waals surface area contributed by atoms with Gasteiger partial charge in [-0.15, -0.1) is 0 Å². The highest BCUT2D eigenvalue weighted by molar-refractivity contribution is 7.91. The Balaban J connectivity index is 2.91. The van der Waals surface area contributed by atoms with Crippen LogP contribution in [0.3, 0.4) is 0 Å². The summed E-state index contributed by atoms with van der Waals surface area (Å²) in [6.07, 6.45) is 0.594. The van der Waals surface area contributed by atoms with E-state index in [1.165, 1.54) is 24.1 Å². The third-order valence-electron chi connectivity index (χ3n) is 2.92. The van der Waals surface area contributed by atoms with Crippen LogP contribution in [-0.2, 0) is 19.4 Å². The Kier molecular flexibility index (Phi) is 6.07. The number of sulfone groups is 1. The highest BCUT2D eigenvalue weighted by Gasteiger charge is 2.29. The largest absolute Gasteiger partial charge is 0.469 e. The van der Waals surface area contributed by atoms with E-state index in [1.54, 1.807) is 13.1 Å². The van der Waals surface area contributed by atoms with Gasteiger partial charge in [-0.3, -0.25) is 4.79 Å². The minimum atomic E-state index is -4.67. The molecule has 0 saturated heterocycles. The van der Waals surface area contributed by atoms with Gasteiger partial charge < -0.3 is 9.64 Å². The molecule has 118 valence electrons. The molecule has 0 radical (unpaired) electrons. The second-order valence-corrected chi connectivity index (χ2v) is 6.26. The van der Waals surface area contributed by atoms with Crippen LogP contribution in [0.2, 0.25) is 0 Å². The summed E-state index contributed by atoms with van der Waals surface area (Å²) >= 11 is 0. The van der Waals surface area contributed by atoms with Crippen molar-refractivity contribution in [3.8, 4) is 0 Å². The maximum Gasteiger partial charge on any atom is 0.341 e. The van der Waals surface area contributed by atoms with Crippen molar-refractivity contribution in [1.82, 2.24) is 0 Å². The van der Waals surface area contributed by atoms with Gasteiger partial charge in [0.2, 0.25) is 9.84 Å². The predicted octanol–water partition coefficient (Wildman–Crippen LogP) is 2.07. The van der Waals surface area contributed by atoms with Crippen molar-refractivity contribution in [2.24, 2.45) is 0 Å². The van der Waals surface area contributed by atoms with Gasteiger partial charge in [-0.25, -0.2) is 8.42 Å². The minimum absolute atomic E-state index is 0.171. The first kappa shape index (κ1) is 17.4. The van der Waals surface area contributed by atoms with Crippen LogP contribution in [0, 0.1) is 0 Å². The summed E-state index contributed by atoms with van der Waals surface area (Å²) in [7, 11) is -1.81. The van der Waals surface area contributed by atoms with Crippen molar-refractivity contribution in [2.75, 3.05) is 25.6 Å². The van der Waals surface area contributed by atoms with Gasteiger partial charge in [0.1, 0.15) is 0 Å². The third-order valence-corrected chi connectivity index (χ3v) is 4.35. The molecule has 1 aromatic carbocycles. The lowest BCUT2D eigenvalue weighted by Gasteiger charge is -2.22. The molecule has 5 nitrogen and oxygen atoms in total. The summed E-state index contributed by atoms with van der Waals surface area (Å²) in [5, 5.41) is 0. The van der Waals surface area contributed by atoms with E-state index in [0.29, 0.717) is 13.0 Å². The zero-order chi connectivity index (χ0) is 16.0. The van der Waals surface area contributed by atoms with Crippen LogP contribution in [-0.4, -0.2) is 40.8 Å². The average molecular weight is 321 g/mol. The number of alkyl halides is 2. The Morgan fingerprint density at radius 3 is 2.52 bits per heavy atom. The fraction of sp³-hybridized carbons (Fsp3) is 0.462. The standard InChI is InChI=1S/C13H17F2NO4S/c1-16(9-5-8-12(17)20-2)10-6-3-4-7-11(10)21(18,19)13(14)15/h3-4,6-7,13H,5,8-9H2,1-2H3. The minimum Gasteiger partial charge on any atom is -0.469 e. The zero-order valence-corrected chi connectivity index (χ0v) is 12.6. The molecule has 1 rings (SSSR count). The third kappa shape index (κ3) is 4.38. The van der Waals surface area contributed by atoms with Gasteiger partial charge in [0.25, 0.3) is 0 Å². The van der Waals surface area contributed by atoms with Crippen LogP contribution in [0.25, 0.3) is 0 Å². The number of methoxy groups -OCH3 is 1. The van der Waals surface area contributed by atoms with E-state index in [1.807, 2.05) is 0 Å². The van der Waals surface area contributed by atoms with Gasteiger partial charge in [0.15, 0.2) is 0 Å². The van der Waals surface area contributed by atoms with E-state index in [4.69, 9.17) is 0 Å². The molecule has 0 aromatic heterocycles. The summed E-state index contributed by atoms with van der Waals surface area (Å²) in [6.45, 7) is 0.338. The van der Waals surface area contributed by atoms with Crippen LogP contribution in [0.15, 0.2) is 29.2 Å². The molecular formula is C13H17F2NO4S. The Bertz CT molecular complexity index is 590. The molecule has 0 amide bonds. The normalized spacial score (nSPS) is 11.5. The first-order chi connectivity index (χ1) is 9.80. The molecule has 0 fully saturated rings. The molecule has 1 aromatic rings. The van der Waals surface area contributed by atoms with Crippen LogP contribution in [0.4, 0.5) is 14.5 Å². The molecule has 0 unspecified atom stereocenters. The number of hydrogen-bond donors (Lipinski definition) is 0. The molecule has 0 bridgehead atoms. The number of anilines is 1. The summed E-state index contributed by atoms with van der Waals surface area (Å²) in [5.74, 6) is -3.85. The number of hydrogen-bond acceptors (Lipinski definition) is 5. The highest BCUT2D eigenvalue weighted by atomic mass is 32.2. The Hall–Kier alpha value is -1.70. The molecule has 0 aliphatic carbocycles. The molecule has 0 atom stereocenters. The number of carbonyl (C=O) groups is 1. The van der Waals surface area contributed by atoms with Crippen molar-refractivity contribution in [3.63, 3.8) is 0 Å². The molecular weight excluding hydrogens is 304 g/mol. The van der Waals surface area contributed by atoms with E-state index in [0.717, 1.165) is 6.07 Å². The number of esters is 1. The first-order valence-electron chi connectivity index (χ1n) is 6.19. The second-order valence-electron chi connectivity index (χ2n) is 4.37. The van der Waals surface area contributed by atoms with Crippen molar-refractivity contribution in [1.29, 1.82) is 0 Å². The van der Waals surface area contributed by atoms with E-state index >= 15 is 0 Å². The van der Waals surface area contributed by atoms with E-state index < -0.39 is 20.5 Å². The lowest BCUT2D eigenvalue weighted by atomic mass is 10.2. The van der Waals surface area contributed by atoms with Gasteiger partial charge in [-0.2, -0.15) is 8.78 Å². The maximum atomic E-state index is 12.7. The smallest absolute Gasteiger partial charge is 0.341 e. The molecule has 0 aliphatic heterocycles. The summed E-state index contributed by atoms with van der Waals surface area (Å²) in [5.41, 5.74) is 0.183. The van der Waals surface area contributed by atoms with E-state index in [2.05, 4.69) is 4.74 Å². The predicted molar refractivity (Wildman–Crippen MR) is 74.2 cm³/mol. The van der Waals surface area contributed by atoms with Crippen molar-refractivity contribution < 1.29 is 26.7 Å². The van der Waals surface area contributed by atoms with Crippen molar-refractivity contribution >= 4 is 21.5 Å². The molecule has 21 heavy (non-hydrogen) atoms. The number of halogens is 2. The van der Waals surface area contributed by atoms with Gasteiger partial charge in [0.05, 0.1) is 17.7 Å². The van der Waals surface area contributed by atoms with Crippen LogP contribution in [0.5, 0.6) is 0 Å². The molecule has 8 heteroatoms. The lowest BCUT2D eigenvalue weighted by Crippen LogP contribution is -2.23. The number of rotatable bonds is 7. The van der Waals surface area contributed by atoms with Crippen LogP contribution < -0.4 is 4.90 Å². The van der Waals surface area contributed by atoms with E-state index in [9.17, 15) is 22.0 Å². The fourth-order valence-electron chi connectivity index (χ4n) is 1.79. The first-order valence-corrected chi connectivity index (χ1v) is 7.74. The lowest BCUT2D eigenvalue weighted by molar-refractivity contribution is -0.140. The van der Waals surface area contributed by atoms with Crippen LogP contribution >= 0.6 is 0 Å². The Labute approximate surface area is 122 Å². The quantitative estimate of drug-likeness (QED) is 0.720. The monoisotopic (exact) mass is 321 g/mol. The molecule has 0 aliphatic rings. The molecule has 0 N–H and O–H groups in total. The number of carbonyl (C=O) groups excluding carboxylic acids is 1. The summed E-state index contributed by atoms with van der Waals surface area (Å²) < 4.78 is 53.1. The number of benzene rings is 1. The molecule has 0 spiro atoms. The number of ether oxygens (including phenoxy) is 1. The van der Waals surface area contributed by atoms with E-state index in [-0.39, 0.29) is 18.1 Å². The summed E-state index contributed by atoms with van der Waals surface area (Å²) in [6, 6.07) is 5.55. The maximum absolute atomic E-state index is 12.7. The van der Waals surface area contributed by atoms with Gasteiger partial charge in [0, 0.05) is 20.0 Å². The summed E-state index contributed by atoms with van der Waals surface area (Å²) in [4.78, 5) is 12.1. The Morgan fingerprint density at radius 1 is 1.33 bits per heavy atom. The van der Waals surface area contributed by atoms with Crippen LogP contribution in [0.1, 0.15) is 12.8 Å². The van der Waals surface area contributed by atoms with Crippen molar-refractivity contribution in [2.45, 2.75) is 23.5 Å². The second kappa shape index (κ2) is 7.35. The topological polar surface area (TPSA) is 63.7 Å².